The largest absolute Gasteiger partial charge is 0.464 e. The molecule has 1 saturated heterocycles. The van der Waals surface area contributed by atoms with Gasteiger partial charge in [-0.15, -0.1) is 0 Å². The highest BCUT2D eigenvalue weighted by atomic mass is 16.5. The summed E-state index contributed by atoms with van der Waals surface area (Å²) in [4.78, 5) is 40.2. The van der Waals surface area contributed by atoms with E-state index in [9.17, 15) is 14.4 Å². The van der Waals surface area contributed by atoms with Crippen LogP contribution >= 0.6 is 0 Å². The molecule has 0 radical (unpaired) electrons. The van der Waals surface area contributed by atoms with Crippen molar-refractivity contribution in [3.8, 4) is 0 Å². The van der Waals surface area contributed by atoms with E-state index in [0.717, 1.165) is 30.5 Å². The van der Waals surface area contributed by atoms with Crippen LogP contribution in [0.15, 0.2) is 18.2 Å². The maximum atomic E-state index is 13.0. The summed E-state index contributed by atoms with van der Waals surface area (Å²) in [5.74, 6) is -1.68. The van der Waals surface area contributed by atoms with Gasteiger partial charge in [0.25, 0.3) is 0 Å². The van der Waals surface area contributed by atoms with E-state index in [1.54, 1.807) is 11.8 Å². The first-order valence-corrected chi connectivity index (χ1v) is 10.3. The number of ether oxygens (including phenoxy) is 1. The van der Waals surface area contributed by atoms with Gasteiger partial charge in [0.2, 0.25) is 11.8 Å². The molecule has 2 amide bonds. The van der Waals surface area contributed by atoms with Gasteiger partial charge in [-0.1, -0.05) is 25.3 Å². The minimum atomic E-state index is -0.987. The van der Waals surface area contributed by atoms with Crippen molar-refractivity contribution in [2.75, 3.05) is 18.1 Å². The highest BCUT2D eigenvalue weighted by Crippen LogP contribution is 2.32. The van der Waals surface area contributed by atoms with E-state index >= 15 is 0 Å². The van der Waals surface area contributed by atoms with Gasteiger partial charge in [0.15, 0.2) is 0 Å². The smallest absolute Gasteiger partial charge is 0.331 e. The second-order valence-electron chi connectivity index (χ2n) is 7.95. The van der Waals surface area contributed by atoms with Gasteiger partial charge in [0.05, 0.1) is 6.61 Å². The van der Waals surface area contributed by atoms with Gasteiger partial charge in [0.1, 0.15) is 11.5 Å². The van der Waals surface area contributed by atoms with Crippen LogP contribution in [-0.2, 0) is 19.1 Å². The number of rotatable bonds is 5. The molecule has 3 rings (SSSR count). The number of nitrogens with zero attached hydrogens (tertiary/aromatic N) is 1. The quantitative estimate of drug-likeness (QED) is 0.623. The fraction of sp³-hybridized carbons (Fsp3) is 0.591. The minimum absolute atomic E-state index is 0.199. The zero-order valence-electron chi connectivity index (χ0n) is 17.0. The molecule has 0 spiro atoms. The van der Waals surface area contributed by atoms with Crippen molar-refractivity contribution >= 4 is 23.5 Å². The summed E-state index contributed by atoms with van der Waals surface area (Å²) in [6.07, 6.45) is 4.37. The summed E-state index contributed by atoms with van der Waals surface area (Å²) in [6, 6.07) is 5.89. The van der Waals surface area contributed by atoms with E-state index in [4.69, 9.17) is 4.74 Å². The van der Waals surface area contributed by atoms with E-state index in [2.05, 4.69) is 5.32 Å². The molecule has 6 nitrogen and oxygen atoms in total. The standard InChI is InChI=1S/C22H30N2O4/c1-4-28-21(27)22(11-6-5-7-12-22)23-19(25)18-10-13-24(20(18)26)17-9-8-15(2)16(3)14-17/h8-9,14,18H,4-7,10-13H2,1-3H3,(H,23,25). The summed E-state index contributed by atoms with van der Waals surface area (Å²) in [7, 11) is 0. The number of benzene rings is 1. The van der Waals surface area contributed by atoms with Gasteiger partial charge in [-0.3, -0.25) is 9.59 Å². The first-order valence-electron chi connectivity index (χ1n) is 10.3. The molecule has 1 atom stereocenters. The second kappa shape index (κ2) is 8.33. The van der Waals surface area contributed by atoms with Crippen molar-refractivity contribution in [1.29, 1.82) is 0 Å². The highest BCUT2D eigenvalue weighted by Gasteiger charge is 2.46. The third kappa shape index (κ3) is 3.91. The molecule has 6 heteroatoms. The normalized spacial score (nSPS) is 21.5. The number of esters is 1. The number of nitrogens with one attached hydrogen (secondary N) is 1. The van der Waals surface area contributed by atoms with Gasteiger partial charge in [-0.2, -0.15) is 0 Å². The van der Waals surface area contributed by atoms with E-state index in [1.165, 1.54) is 5.56 Å². The van der Waals surface area contributed by atoms with E-state index < -0.39 is 11.5 Å². The lowest BCUT2D eigenvalue weighted by Gasteiger charge is -2.36. The zero-order chi connectivity index (χ0) is 20.3. The van der Waals surface area contributed by atoms with Gasteiger partial charge in [-0.25, -0.2) is 4.79 Å². The molecule has 1 aliphatic heterocycles. The van der Waals surface area contributed by atoms with Crippen LogP contribution in [0.25, 0.3) is 0 Å². The van der Waals surface area contributed by atoms with Crippen molar-refractivity contribution in [2.24, 2.45) is 5.92 Å². The summed E-state index contributed by atoms with van der Waals surface area (Å²) < 4.78 is 5.24. The number of carbonyl (C=O) groups is 3. The molecule has 0 bridgehead atoms. The number of amides is 2. The Morgan fingerprint density at radius 3 is 2.54 bits per heavy atom. The van der Waals surface area contributed by atoms with Crippen LogP contribution in [0, 0.1) is 19.8 Å². The summed E-state index contributed by atoms with van der Waals surface area (Å²) in [5.41, 5.74) is 2.11. The number of hydrogen-bond acceptors (Lipinski definition) is 4. The molecule has 1 unspecified atom stereocenters. The lowest BCUT2D eigenvalue weighted by molar-refractivity contribution is -0.156. The third-order valence-corrected chi connectivity index (χ3v) is 6.06. The lowest BCUT2D eigenvalue weighted by Crippen LogP contribution is -2.58. The molecule has 1 heterocycles. The van der Waals surface area contributed by atoms with E-state index in [0.29, 0.717) is 25.8 Å². The zero-order valence-corrected chi connectivity index (χ0v) is 17.0. The van der Waals surface area contributed by atoms with Crippen molar-refractivity contribution in [3.05, 3.63) is 29.3 Å². The van der Waals surface area contributed by atoms with Crippen LogP contribution in [0.2, 0.25) is 0 Å². The molecule has 2 fully saturated rings. The summed E-state index contributed by atoms with van der Waals surface area (Å²) in [5, 5.41) is 2.92. The van der Waals surface area contributed by atoms with Gasteiger partial charge in [0, 0.05) is 12.2 Å². The Morgan fingerprint density at radius 1 is 1.18 bits per heavy atom. The van der Waals surface area contributed by atoms with Crippen molar-refractivity contribution < 1.29 is 19.1 Å². The Morgan fingerprint density at radius 2 is 1.89 bits per heavy atom. The van der Waals surface area contributed by atoms with Gasteiger partial charge in [-0.05, 0) is 63.3 Å². The lowest BCUT2D eigenvalue weighted by atomic mass is 9.81. The molecule has 1 N–H and O–H groups in total. The molecule has 152 valence electrons. The monoisotopic (exact) mass is 386 g/mol. The van der Waals surface area contributed by atoms with E-state index in [1.807, 2.05) is 32.0 Å². The van der Waals surface area contributed by atoms with Crippen LogP contribution < -0.4 is 10.2 Å². The first-order chi connectivity index (χ1) is 13.4. The maximum absolute atomic E-state index is 13.0. The highest BCUT2D eigenvalue weighted by molar-refractivity contribution is 6.10. The van der Waals surface area contributed by atoms with Crippen LogP contribution in [0.3, 0.4) is 0 Å². The summed E-state index contributed by atoms with van der Waals surface area (Å²) >= 11 is 0. The molecule has 2 aliphatic rings. The average molecular weight is 386 g/mol. The number of aryl methyl sites for hydroxylation is 2. The van der Waals surface area contributed by atoms with Crippen LogP contribution in [0.4, 0.5) is 5.69 Å². The Balaban J connectivity index is 1.74. The van der Waals surface area contributed by atoms with Crippen molar-refractivity contribution in [2.45, 2.75) is 64.8 Å². The minimum Gasteiger partial charge on any atom is -0.464 e. The van der Waals surface area contributed by atoms with E-state index in [-0.39, 0.29) is 24.4 Å². The Kier molecular flexibility index (Phi) is 6.06. The van der Waals surface area contributed by atoms with Gasteiger partial charge < -0.3 is 15.0 Å². The van der Waals surface area contributed by atoms with Crippen LogP contribution in [-0.4, -0.2) is 36.5 Å². The van der Waals surface area contributed by atoms with Crippen LogP contribution in [0.1, 0.15) is 56.6 Å². The average Bonchev–Trinajstić information content (AvgIpc) is 3.06. The number of anilines is 1. The molecular formula is C22H30N2O4. The Bertz CT molecular complexity index is 768. The van der Waals surface area contributed by atoms with Crippen molar-refractivity contribution in [3.63, 3.8) is 0 Å². The Labute approximate surface area is 166 Å². The predicted octanol–water partition coefficient (Wildman–Crippen LogP) is 3.04. The Hall–Kier alpha value is -2.37. The van der Waals surface area contributed by atoms with Gasteiger partial charge >= 0.3 is 5.97 Å². The molecular weight excluding hydrogens is 356 g/mol. The fourth-order valence-corrected chi connectivity index (χ4v) is 4.20. The number of hydrogen-bond donors (Lipinski definition) is 1. The summed E-state index contributed by atoms with van der Waals surface area (Å²) in [6.45, 7) is 6.58. The SMILES string of the molecule is CCOC(=O)C1(NC(=O)C2CCN(c3ccc(C)c(C)c3)C2=O)CCCCC1. The third-order valence-electron chi connectivity index (χ3n) is 6.06. The van der Waals surface area contributed by atoms with Crippen molar-refractivity contribution in [1.82, 2.24) is 5.32 Å². The number of carbonyl (C=O) groups excluding carboxylic acids is 3. The molecule has 1 aromatic rings. The predicted molar refractivity (Wildman–Crippen MR) is 107 cm³/mol. The molecule has 1 aromatic carbocycles. The maximum Gasteiger partial charge on any atom is 0.331 e. The fourth-order valence-electron chi connectivity index (χ4n) is 4.20. The molecule has 0 aromatic heterocycles. The molecule has 28 heavy (non-hydrogen) atoms. The van der Waals surface area contributed by atoms with Crippen LogP contribution in [0.5, 0.6) is 0 Å². The topological polar surface area (TPSA) is 75.7 Å². The second-order valence-corrected chi connectivity index (χ2v) is 7.95. The molecule has 1 saturated carbocycles. The molecule has 1 aliphatic carbocycles. The first kappa shape index (κ1) is 20.4.